The Hall–Kier alpha value is -2.12. The fourth-order valence-electron chi connectivity index (χ4n) is 2.80. The molecule has 1 aliphatic rings. The van der Waals surface area contributed by atoms with Crippen molar-refractivity contribution < 1.29 is 9.59 Å². The molecule has 3 rings (SSSR count). The smallest absolute Gasteiger partial charge is 0.288 e. The Kier molecular flexibility index (Phi) is 5.01. The number of imidazole rings is 1. The van der Waals surface area contributed by atoms with Crippen LogP contribution in [0.4, 0.5) is 0 Å². The van der Waals surface area contributed by atoms with Gasteiger partial charge in [0.05, 0.1) is 18.3 Å². The first-order valence-electron chi connectivity index (χ1n) is 7.99. The number of carbonyl (C=O) groups excluding carboxylic acids is 2. The van der Waals surface area contributed by atoms with Gasteiger partial charge in [-0.3, -0.25) is 14.0 Å². The number of hydrogen-bond acceptors (Lipinski definition) is 4. The van der Waals surface area contributed by atoms with Gasteiger partial charge in [-0.25, -0.2) is 4.98 Å². The fraction of sp³-hybridized carbons (Fsp3) is 0.438. The molecular formula is C16H20ClN5O2. The molecule has 1 fully saturated rings. The Morgan fingerprint density at radius 2 is 2.04 bits per heavy atom. The average molecular weight is 350 g/mol. The standard InChI is InChI=1S/C16H20ClN5O2/c1-2-20-5-7-21(8-6-20)14(23)11-19-16(24)15-18-10-13-9-12(17)3-4-22(13)15/h3-4,9-10H,2,5-8,11H2,1H3,(H,19,24). The summed E-state index contributed by atoms with van der Waals surface area (Å²) in [6, 6.07) is 3.41. The molecule has 0 spiro atoms. The second kappa shape index (κ2) is 7.19. The van der Waals surface area contributed by atoms with Crippen LogP contribution in [-0.4, -0.2) is 70.3 Å². The van der Waals surface area contributed by atoms with Gasteiger partial charge in [0.15, 0.2) is 0 Å². The van der Waals surface area contributed by atoms with E-state index in [1.807, 2.05) is 0 Å². The van der Waals surface area contributed by atoms with Gasteiger partial charge in [-0.2, -0.15) is 0 Å². The van der Waals surface area contributed by atoms with Gasteiger partial charge < -0.3 is 15.1 Å². The van der Waals surface area contributed by atoms with Crippen molar-refractivity contribution >= 4 is 28.9 Å². The molecule has 0 aliphatic carbocycles. The number of aromatic nitrogens is 2. The summed E-state index contributed by atoms with van der Waals surface area (Å²) in [7, 11) is 0. The lowest BCUT2D eigenvalue weighted by atomic mass is 10.3. The van der Waals surface area contributed by atoms with Crippen LogP contribution >= 0.6 is 11.6 Å². The Balaban J connectivity index is 1.58. The van der Waals surface area contributed by atoms with Gasteiger partial charge in [0.1, 0.15) is 0 Å². The Labute approximate surface area is 145 Å². The van der Waals surface area contributed by atoms with E-state index in [0.29, 0.717) is 18.1 Å². The van der Waals surface area contributed by atoms with Crippen molar-refractivity contribution in [3.63, 3.8) is 0 Å². The molecular weight excluding hydrogens is 330 g/mol. The Morgan fingerprint density at radius 3 is 2.75 bits per heavy atom. The van der Waals surface area contributed by atoms with Crippen LogP contribution in [0.1, 0.15) is 17.5 Å². The number of fused-ring (bicyclic) bond motifs is 1. The topological polar surface area (TPSA) is 69.9 Å². The highest BCUT2D eigenvalue weighted by molar-refractivity contribution is 6.30. The van der Waals surface area contributed by atoms with E-state index in [1.54, 1.807) is 33.8 Å². The molecule has 2 aromatic heterocycles. The SMILES string of the molecule is CCN1CCN(C(=O)CNC(=O)c2ncc3cc(Cl)ccn23)CC1. The predicted octanol–water partition coefficient (Wildman–Crippen LogP) is 0.882. The second-order valence-corrected chi connectivity index (χ2v) is 6.16. The second-order valence-electron chi connectivity index (χ2n) is 5.72. The van der Waals surface area contributed by atoms with Gasteiger partial charge in [0.25, 0.3) is 5.91 Å². The molecule has 1 aliphatic heterocycles. The molecule has 3 heterocycles. The van der Waals surface area contributed by atoms with Crippen LogP contribution in [0.3, 0.4) is 0 Å². The number of nitrogens with one attached hydrogen (secondary N) is 1. The zero-order valence-corrected chi connectivity index (χ0v) is 14.3. The number of nitrogens with zero attached hydrogens (tertiary/aromatic N) is 4. The quantitative estimate of drug-likeness (QED) is 0.889. The van der Waals surface area contributed by atoms with Crippen molar-refractivity contribution in [2.45, 2.75) is 6.92 Å². The van der Waals surface area contributed by atoms with Crippen LogP contribution in [0.25, 0.3) is 5.52 Å². The van der Waals surface area contributed by atoms with E-state index in [-0.39, 0.29) is 24.2 Å². The van der Waals surface area contributed by atoms with E-state index >= 15 is 0 Å². The van der Waals surface area contributed by atoms with E-state index in [0.717, 1.165) is 25.2 Å². The predicted molar refractivity (Wildman–Crippen MR) is 91.2 cm³/mol. The molecule has 0 radical (unpaired) electrons. The van der Waals surface area contributed by atoms with Gasteiger partial charge in [-0.1, -0.05) is 18.5 Å². The third-order valence-electron chi connectivity index (χ3n) is 4.27. The minimum atomic E-state index is -0.377. The highest BCUT2D eigenvalue weighted by Crippen LogP contribution is 2.13. The minimum absolute atomic E-state index is 0.0204. The van der Waals surface area contributed by atoms with Crippen LogP contribution < -0.4 is 5.32 Å². The van der Waals surface area contributed by atoms with Gasteiger partial charge in [-0.15, -0.1) is 0 Å². The summed E-state index contributed by atoms with van der Waals surface area (Å²) < 4.78 is 1.64. The van der Waals surface area contributed by atoms with Crippen LogP contribution in [0.2, 0.25) is 5.02 Å². The summed E-state index contributed by atoms with van der Waals surface area (Å²) in [5, 5.41) is 3.23. The van der Waals surface area contributed by atoms with Crippen LogP contribution in [-0.2, 0) is 4.79 Å². The molecule has 0 saturated carbocycles. The number of carbonyl (C=O) groups is 2. The molecule has 128 valence electrons. The van der Waals surface area contributed by atoms with Crippen LogP contribution in [0, 0.1) is 0 Å². The first-order chi connectivity index (χ1) is 11.6. The fourth-order valence-corrected chi connectivity index (χ4v) is 2.97. The molecule has 0 atom stereocenters. The Morgan fingerprint density at radius 1 is 1.29 bits per heavy atom. The molecule has 1 N–H and O–H groups in total. The summed E-state index contributed by atoms with van der Waals surface area (Å²) in [5.41, 5.74) is 0.731. The van der Waals surface area contributed by atoms with Crippen molar-refractivity contribution in [3.05, 3.63) is 35.4 Å². The normalized spacial score (nSPS) is 15.7. The number of rotatable bonds is 4. The summed E-state index contributed by atoms with van der Waals surface area (Å²) in [6.07, 6.45) is 3.26. The molecule has 0 unspecified atom stereocenters. The van der Waals surface area contributed by atoms with Gasteiger partial charge in [0.2, 0.25) is 11.7 Å². The highest BCUT2D eigenvalue weighted by atomic mass is 35.5. The van der Waals surface area contributed by atoms with Gasteiger partial charge in [-0.05, 0) is 18.7 Å². The molecule has 7 nitrogen and oxygen atoms in total. The third kappa shape index (κ3) is 3.52. The van der Waals surface area contributed by atoms with E-state index in [1.165, 1.54) is 0 Å². The highest BCUT2D eigenvalue weighted by Gasteiger charge is 2.21. The largest absolute Gasteiger partial charge is 0.340 e. The molecule has 8 heteroatoms. The van der Waals surface area contributed by atoms with E-state index in [4.69, 9.17) is 11.6 Å². The third-order valence-corrected chi connectivity index (χ3v) is 4.50. The van der Waals surface area contributed by atoms with E-state index < -0.39 is 0 Å². The minimum Gasteiger partial charge on any atom is -0.340 e. The number of amides is 2. The maximum atomic E-state index is 12.3. The lowest BCUT2D eigenvalue weighted by molar-refractivity contribution is -0.131. The summed E-state index contributed by atoms with van der Waals surface area (Å²) >= 11 is 5.92. The van der Waals surface area contributed by atoms with Crippen molar-refractivity contribution in [2.75, 3.05) is 39.3 Å². The number of piperazine rings is 1. The van der Waals surface area contributed by atoms with Gasteiger partial charge in [0, 0.05) is 37.4 Å². The van der Waals surface area contributed by atoms with E-state index in [9.17, 15) is 9.59 Å². The molecule has 0 aromatic carbocycles. The van der Waals surface area contributed by atoms with E-state index in [2.05, 4.69) is 22.1 Å². The summed E-state index contributed by atoms with van der Waals surface area (Å²) in [6.45, 7) is 6.24. The first kappa shape index (κ1) is 16.7. The van der Waals surface area contributed by atoms with Crippen molar-refractivity contribution in [2.24, 2.45) is 0 Å². The number of halogens is 1. The zero-order valence-electron chi connectivity index (χ0n) is 13.5. The number of hydrogen-bond donors (Lipinski definition) is 1. The van der Waals surface area contributed by atoms with Gasteiger partial charge >= 0.3 is 0 Å². The maximum absolute atomic E-state index is 12.3. The molecule has 24 heavy (non-hydrogen) atoms. The molecule has 1 saturated heterocycles. The molecule has 2 amide bonds. The molecule has 2 aromatic rings. The molecule has 0 bridgehead atoms. The van der Waals surface area contributed by atoms with Crippen molar-refractivity contribution in [1.29, 1.82) is 0 Å². The van der Waals surface area contributed by atoms with Crippen molar-refractivity contribution in [1.82, 2.24) is 24.5 Å². The lowest BCUT2D eigenvalue weighted by Gasteiger charge is -2.34. The zero-order chi connectivity index (χ0) is 17.1. The number of likely N-dealkylation sites (N-methyl/N-ethyl adjacent to an activating group) is 1. The Bertz CT molecular complexity index is 752. The van der Waals surface area contributed by atoms with Crippen LogP contribution in [0.15, 0.2) is 24.5 Å². The van der Waals surface area contributed by atoms with Crippen LogP contribution in [0.5, 0.6) is 0 Å². The maximum Gasteiger partial charge on any atom is 0.288 e. The summed E-state index contributed by atoms with van der Waals surface area (Å²) in [4.78, 5) is 32.7. The average Bonchev–Trinajstić information content (AvgIpc) is 3.02. The monoisotopic (exact) mass is 349 g/mol. The lowest BCUT2D eigenvalue weighted by Crippen LogP contribution is -2.51. The summed E-state index contributed by atoms with van der Waals surface area (Å²) in [5.74, 6) is -0.203. The number of pyridine rings is 1. The first-order valence-corrected chi connectivity index (χ1v) is 8.37. The van der Waals surface area contributed by atoms with Crippen molar-refractivity contribution in [3.8, 4) is 0 Å².